The molecule has 2 aromatic heterocycles. The molecule has 0 aliphatic rings. The number of esters is 1. The highest BCUT2D eigenvalue weighted by atomic mass is 16.6. The van der Waals surface area contributed by atoms with Gasteiger partial charge in [-0.3, -0.25) is 14.5 Å². The molecule has 0 unspecified atom stereocenters. The summed E-state index contributed by atoms with van der Waals surface area (Å²) in [5, 5.41) is 14.1. The summed E-state index contributed by atoms with van der Waals surface area (Å²) < 4.78 is 17.0. The van der Waals surface area contributed by atoms with Crippen LogP contribution < -0.4 is 14.8 Å². The number of nitrogens with zero attached hydrogens (tertiary/aromatic N) is 3. The van der Waals surface area contributed by atoms with Crippen molar-refractivity contribution >= 4 is 28.8 Å². The Bertz CT molecular complexity index is 1050. The minimum Gasteiger partial charge on any atom is -0.497 e. The van der Waals surface area contributed by atoms with Gasteiger partial charge in [-0.25, -0.2) is 9.78 Å². The molecule has 1 aromatic carbocycles. The number of nitro groups is 1. The van der Waals surface area contributed by atoms with Gasteiger partial charge in [0, 0.05) is 12.1 Å². The van der Waals surface area contributed by atoms with Crippen LogP contribution in [-0.4, -0.2) is 41.1 Å². The van der Waals surface area contributed by atoms with Gasteiger partial charge in [0.05, 0.1) is 37.6 Å². The zero-order valence-electron chi connectivity index (χ0n) is 15.5. The summed E-state index contributed by atoms with van der Waals surface area (Å²) in [6.07, 6.45) is 1.23. The van der Waals surface area contributed by atoms with Gasteiger partial charge in [0.2, 0.25) is 0 Å². The third kappa shape index (κ3) is 3.52. The second-order valence-corrected chi connectivity index (χ2v) is 5.59. The van der Waals surface area contributed by atoms with Crippen molar-refractivity contribution < 1.29 is 23.9 Å². The molecule has 0 saturated carbocycles. The summed E-state index contributed by atoms with van der Waals surface area (Å²) >= 11 is 0. The molecule has 28 heavy (non-hydrogen) atoms. The fourth-order valence-electron chi connectivity index (χ4n) is 2.65. The number of carbonyl (C=O) groups is 1. The average molecular weight is 386 g/mol. The van der Waals surface area contributed by atoms with Gasteiger partial charge in [-0.2, -0.15) is 0 Å². The highest BCUT2D eigenvalue weighted by Crippen LogP contribution is 2.33. The largest absolute Gasteiger partial charge is 0.497 e. The van der Waals surface area contributed by atoms with Crippen LogP contribution >= 0.6 is 0 Å². The van der Waals surface area contributed by atoms with E-state index in [1.165, 1.54) is 36.9 Å². The number of ether oxygens (including phenoxy) is 3. The van der Waals surface area contributed by atoms with Crippen LogP contribution in [0.3, 0.4) is 0 Å². The van der Waals surface area contributed by atoms with Crippen LogP contribution in [0.5, 0.6) is 11.5 Å². The lowest BCUT2D eigenvalue weighted by Gasteiger charge is -2.12. The van der Waals surface area contributed by atoms with E-state index < -0.39 is 10.9 Å². The molecule has 1 N–H and O–H groups in total. The number of nitrogens with one attached hydrogen (secondary N) is 1. The lowest BCUT2D eigenvalue weighted by Crippen LogP contribution is -2.11. The molecule has 0 spiro atoms. The first-order valence-corrected chi connectivity index (χ1v) is 8.31. The van der Waals surface area contributed by atoms with Crippen LogP contribution in [0, 0.1) is 10.1 Å². The van der Waals surface area contributed by atoms with Crippen LogP contribution in [0.2, 0.25) is 0 Å². The number of anilines is 2. The maximum Gasteiger partial charge on any atom is 0.359 e. The van der Waals surface area contributed by atoms with Crippen molar-refractivity contribution in [2.24, 2.45) is 0 Å². The van der Waals surface area contributed by atoms with Crippen molar-refractivity contribution in [2.75, 3.05) is 26.1 Å². The summed E-state index contributed by atoms with van der Waals surface area (Å²) in [5.41, 5.74) is 0.748. The second kappa shape index (κ2) is 7.82. The van der Waals surface area contributed by atoms with Crippen molar-refractivity contribution in [3.8, 4) is 11.5 Å². The fourth-order valence-corrected chi connectivity index (χ4v) is 2.65. The Morgan fingerprint density at radius 3 is 2.68 bits per heavy atom. The maximum absolute atomic E-state index is 12.5. The highest BCUT2D eigenvalue weighted by Gasteiger charge is 2.23. The van der Waals surface area contributed by atoms with Gasteiger partial charge in [-0.05, 0) is 25.1 Å². The number of pyridine rings is 1. The quantitative estimate of drug-likeness (QED) is 0.374. The first-order chi connectivity index (χ1) is 13.5. The Morgan fingerprint density at radius 1 is 1.25 bits per heavy atom. The molecule has 0 atom stereocenters. The van der Waals surface area contributed by atoms with Crippen molar-refractivity contribution in [1.82, 2.24) is 9.38 Å². The van der Waals surface area contributed by atoms with Crippen LogP contribution in [0.25, 0.3) is 5.65 Å². The van der Waals surface area contributed by atoms with Gasteiger partial charge in [0.25, 0.3) is 5.69 Å². The van der Waals surface area contributed by atoms with Crippen LogP contribution in [0.1, 0.15) is 17.4 Å². The van der Waals surface area contributed by atoms with Gasteiger partial charge in [0.1, 0.15) is 17.1 Å². The zero-order valence-corrected chi connectivity index (χ0v) is 15.5. The maximum atomic E-state index is 12.5. The van der Waals surface area contributed by atoms with Gasteiger partial charge in [0.15, 0.2) is 11.5 Å². The SMILES string of the molecule is CCOC(=O)c1c(Nc2ccc(OC)cc2OC)nc2ccc([N+](=O)[O-])cn12. The zero-order chi connectivity index (χ0) is 20.3. The highest BCUT2D eigenvalue weighted by molar-refractivity contribution is 5.95. The van der Waals surface area contributed by atoms with Crippen molar-refractivity contribution in [3.05, 3.63) is 52.3 Å². The van der Waals surface area contributed by atoms with E-state index in [0.717, 1.165) is 0 Å². The van der Waals surface area contributed by atoms with Gasteiger partial charge < -0.3 is 19.5 Å². The third-order valence-corrected chi connectivity index (χ3v) is 3.94. The van der Waals surface area contributed by atoms with Crippen molar-refractivity contribution in [1.29, 1.82) is 0 Å². The van der Waals surface area contributed by atoms with Crippen LogP contribution in [-0.2, 0) is 4.74 Å². The van der Waals surface area contributed by atoms with Gasteiger partial charge in [-0.15, -0.1) is 0 Å². The lowest BCUT2D eigenvalue weighted by molar-refractivity contribution is -0.385. The first-order valence-electron chi connectivity index (χ1n) is 8.31. The first kappa shape index (κ1) is 19.0. The molecule has 3 rings (SSSR count). The molecule has 0 aliphatic carbocycles. The number of hydrogen-bond acceptors (Lipinski definition) is 8. The second-order valence-electron chi connectivity index (χ2n) is 5.59. The van der Waals surface area contributed by atoms with E-state index in [1.54, 1.807) is 25.1 Å². The summed E-state index contributed by atoms with van der Waals surface area (Å²) in [6.45, 7) is 1.81. The van der Waals surface area contributed by atoms with Gasteiger partial charge in [-0.1, -0.05) is 0 Å². The minimum absolute atomic E-state index is 0.0402. The Morgan fingerprint density at radius 2 is 2.04 bits per heavy atom. The number of methoxy groups -OCH3 is 2. The normalized spacial score (nSPS) is 10.5. The van der Waals surface area contributed by atoms with E-state index in [0.29, 0.717) is 22.8 Å². The van der Waals surface area contributed by atoms with E-state index in [-0.39, 0.29) is 23.8 Å². The number of benzene rings is 1. The Labute approximate surface area is 159 Å². The minimum atomic E-state index is -0.662. The predicted octanol–water partition coefficient (Wildman–Crippen LogP) is 3.18. The van der Waals surface area contributed by atoms with Crippen molar-refractivity contribution in [3.63, 3.8) is 0 Å². The number of rotatable bonds is 7. The van der Waals surface area contributed by atoms with Crippen LogP contribution in [0.4, 0.5) is 17.2 Å². The van der Waals surface area contributed by atoms with E-state index in [4.69, 9.17) is 14.2 Å². The molecule has 2 heterocycles. The van der Waals surface area contributed by atoms with E-state index >= 15 is 0 Å². The van der Waals surface area contributed by atoms with E-state index in [2.05, 4.69) is 10.3 Å². The predicted molar refractivity (Wildman–Crippen MR) is 101 cm³/mol. The van der Waals surface area contributed by atoms with E-state index in [9.17, 15) is 14.9 Å². The van der Waals surface area contributed by atoms with Gasteiger partial charge >= 0.3 is 5.97 Å². The summed E-state index contributed by atoms with van der Waals surface area (Å²) in [4.78, 5) is 27.5. The monoisotopic (exact) mass is 386 g/mol. The smallest absolute Gasteiger partial charge is 0.359 e. The topological polar surface area (TPSA) is 117 Å². The number of carbonyl (C=O) groups excluding carboxylic acids is 1. The average Bonchev–Trinajstić information content (AvgIpc) is 3.05. The number of aromatic nitrogens is 2. The Balaban J connectivity index is 2.13. The number of fused-ring (bicyclic) bond motifs is 1. The summed E-state index contributed by atoms with van der Waals surface area (Å²) in [5.74, 6) is 0.587. The van der Waals surface area contributed by atoms with Crippen LogP contribution in [0.15, 0.2) is 36.5 Å². The van der Waals surface area contributed by atoms with Crippen molar-refractivity contribution in [2.45, 2.75) is 6.92 Å². The molecule has 146 valence electrons. The Hall–Kier alpha value is -3.82. The molecule has 0 saturated heterocycles. The summed E-state index contributed by atoms with van der Waals surface area (Å²) in [6, 6.07) is 7.87. The number of hydrogen-bond donors (Lipinski definition) is 1. The number of imidazole rings is 1. The molecule has 0 aliphatic heterocycles. The molecule has 0 radical (unpaired) electrons. The van der Waals surface area contributed by atoms with E-state index in [1.807, 2.05) is 0 Å². The third-order valence-electron chi connectivity index (χ3n) is 3.94. The molecule has 0 fully saturated rings. The molecular formula is C18H18N4O6. The standard InChI is InChI=1S/C18H18N4O6/c1-4-28-18(23)16-17(19-13-7-6-12(26-2)9-14(13)27-3)20-15-8-5-11(22(24)25)10-21(15)16/h5-10,19H,4H2,1-3H3. The molecule has 0 amide bonds. The Kier molecular flexibility index (Phi) is 5.30. The molecule has 3 aromatic rings. The summed E-state index contributed by atoms with van der Waals surface area (Å²) in [7, 11) is 3.04. The lowest BCUT2D eigenvalue weighted by atomic mass is 10.2. The molecule has 10 nitrogen and oxygen atoms in total. The fraction of sp³-hybridized carbons (Fsp3) is 0.222. The molecule has 0 bridgehead atoms. The molecule has 10 heteroatoms. The molecular weight excluding hydrogens is 368 g/mol.